The lowest BCUT2D eigenvalue weighted by atomic mass is 10.1. The van der Waals surface area contributed by atoms with Gasteiger partial charge in [-0.25, -0.2) is 0 Å². The van der Waals surface area contributed by atoms with Crippen LogP contribution in [0.2, 0.25) is 0 Å². The normalized spacial score (nSPS) is 15.8. The summed E-state index contributed by atoms with van der Waals surface area (Å²) in [5.74, 6) is -0.359. The van der Waals surface area contributed by atoms with E-state index in [2.05, 4.69) is 10.2 Å². The molecule has 1 fully saturated rings. The Balaban J connectivity index is 0.00000180. The molecule has 0 atom stereocenters. The maximum Gasteiger partial charge on any atom is 0.248 e. The molecule has 1 saturated heterocycles. The van der Waals surface area contributed by atoms with Crippen molar-refractivity contribution in [3.8, 4) is 0 Å². The number of carbonyl (C=O) groups is 1. The molecule has 4 nitrogen and oxygen atoms in total. The average molecular weight is 284 g/mol. The van der Waals surface area contributed by atoms with E-state index >= 15 is 0 Å². The number of halogens is 1. The molecule has 0 aromatic heterocycles. The summed E-state index contributed by atoms with van der Waals surface area (Å²) < 4.78 is 0. The van der Waals surface area contributed by atoms with Gasteiger partial charge < -0.3 is 16.0 Å². The van der Waals surface area contributed by atoms with Crippen molar-refractivity contribution in [1.82, 2.24) is 10.2 Å². The molecule has 2 rings (SSSR count). The number of amides is 1. The molecule has 0 spiro atoms. The Hall–Kier alpha value is -1.10. The maximum absolute atomic E-state index is 10.9. The van der Waals surface area contributed by atoms with E-state index in [-0.39, 0.29) is 18.3 Å². The number of nitrogens with zero attached hydrogens (tertiary/aromatic N) is 1. The first-order valence-corrected chi connectivity index (χ1v) is 6.57. The van der Waals surface area contributed by atoms with E-state index in [1.807, 2.05) is 24.3 Å². The zero-order valence-electron chi connectivity index (χ0n) is 11.1. The first kappa shape index (κ1) is 16.0. The number of hydrogen-bond acceptors (Lipinski definition) is 3. The fraction of sp³-hybridized carbons (Fsp3) is 0.500. The lowest BCUT2D eigenvalue weighted by Gasteiger charge is -2.27. The molecule has 1 aliphatic heterocycles. The lowest BCUT2D eigenvalue weighted by Crippen LogP contribution is -2.43. The van der Waals surface area contributed by atoms with Gasteiger partial charge >= 0.3 is 0 Å². The molecule has 5 heteroatoms. The predicted molar refractivity (Wildman–Crippen MR) is 79.8 cm³/mol. The zero-order valence-corrected chi connectivity index (χ0v) is 11.9. The number of piperazine rings is 1. The van der Waals surface area contributed by atoms with Crippen molar-refractivity contribution >= 4 is 18.3 Å². The molecule has 0 radical (unpaired) electrons. The fourth-order valence-corrected chi connectivity index (χ4v) is 2.28. The van der Waals surface area contributed by atoms with Crippen molar-refractivity contribution in [3.63, 3.8) is 0 Å². The first-order valence-electron chi connectivity index (χ1n) is 6.57. The van der Waals surface area contributed by atoms with Gasteiger partial charge in [-0.2, -0.15) is 0 Å². The summed E-state index contributed by atoms with van der Waals surface area (Å²) in [5.41, 5.74) is 7.07. The summed E-state index contributed by atoms with van der Waals surface area (Å²) in [5, 5.41) is 3.35. The van der Waals surface area contributed by atoms with E-state index in [4.69, 9.17) is 5.73 Å². The SMILES string of the molecule is Cl.NC(=O)c1ccc(CCCN2CCNCC2)cc1. The van der Waals surface area contributed by atoms with E-state index in [1.165, 1.54) is 5.56 Å². The second-order valence-corrected chi connectivity index (χ2v) is 4.76. The van der Waals surface area contributed by atoms with Crippen LogP contribution in [-0.4, -0.2) is 43.5 Å². The van der Waals surface area contributed by atoms with Gasteiger partial charge in [-0.05, 0) is 37.1 Å². The van der Waals surface area contributed by atoms with Crippen LogP contribution >= 0.6 is 12.4 Å². The van der Waals surface area contributed by atoms with Crippen LogP contribution < -0.4 is 11.1 Å². The van der Waals surface area contributed by atoms with E-state index in [1.54, 1.807) is 0 Å². The van der Waals surface area contributed by atoms with Gasteiger partial charge in [0.05, 0.1) is 0 Å². The quantitative estimate of drug-likeness (QED) is 0.849. The number of benzene rings is 1. The van der Waals surface area contributed by atoms with Gasteiger partial charge in [0.15, 0.2) is 0 Å². The number of rotatable bonds is 5. The first-order chi connectivity index (χ1) is 8.75. The number of nitrogens with two attached hydrogens (primary N) is 1. The Morgan fingerprint density at radius 3 is 2.42 bits per heavy atom. The van der Waals surface area contributed by atoms with Gasteiger partial charge in [0, 0.05) is 31.7 Å². The third-order valence-electron chi connectivity index (χ3n) is 3.39. The highest BCUT2D eigenvalue weighted by molar-refractivity contribution is 5.92. The number of carbonyl (C=O) groups excluding carboxylic acids is 1. The van der Waals surface area contributed by atoms with E-state index in [0.29, 0.717) is 5.56 Å². The van der Waals surface area contributed by atoms with Crippen molar-refractivity contribution in [2.75, 3.05) is 32.7 Å². The van der Waals surface area contributed by atoms with E-state index in [0.717, 1.165) is 45.6 Å². The van der Waals surface area contributed by atoms with Crippen molar-refractivity contribution < 1.29 is 4.79 Å². The van der Waals surface area contributed by atoms with Gasteiger partial charge in [0.25, 0.3) is 0 Å². The molecule has 0 unspecified atom stereocenters. The second-order valence-electron chi connectivity index (χ2n) is 4.76. The highest BCUT2D eigenvalue weighted by Gasteiger charge is 2.08. The summed E-state index contributed by atoms with van der Waals surface area (Å²) in [6, 6.07) is 7.61. The maximum atomic E-state index is 10.9. The monoisotopic (exact) mass is 283 g/mol. The van der Waals surface area contributed by atoms with Crippen molar-refractivity contribution in [3.05, 3.63) is 35.4 Å². The Kier molecular flexibility index (Phi) is 6.84. The topological polar surface area (TPSA) is 58.4 Å². The molecular weight excluding hydrogens is 262 g/mol. The highest BCUT2D eigenvalue weighted by Crippen LogP contribution is 2.07. The van der Waals surface area contributed by atoms with Crippen LogP contribution in [-0.2, 0) is 6.42 Å². The fourth-order valence-electron chi connectivity index (χ4n) is 2.28. The van der Waals surface area contributed by atoms with Crippen LogP contribution in [0.15, 0.2) is 24.3 Å². The third kappa shape index (κ3) is 5.19. The Bertz CT molecular complexity index is 388. The third-order valence-corrected chi connectivity index (χ3v) is 3.39. The van der Waals surface area contributed by atoms with Crippen LogP contribution in [0, 0.1) is 0 Å². The minimum absolute atomic E-state index is 0. The van der Waals surface area contributed by atoms with Crippen LogP contribution in [0.25, 0.3) is 0 Å². The molecule has 3 N–H and O–H groups in total. The smallest absolute Gasteiger partial charge is 0.248 e. The van der Waals surface area contributed by atoms with Gasteiger partial charge in [0.2, 0.25) is 5.91 Å². The van der Waals surface area contributed by atoms with Gasteiger partial charge in [0.1, 0.15) is 0 Å². The highest BCUT2D eigenvalue weighted by atomic mass is 35.5. The Labute approximate surface area is 120 Å². The predicted octanol–water partition coefficient (Wildman–Crippen LogP) is 1.05. The van der Waals surface area contributed by atoms with Crippen LogP contribution in [0.3, 0.4) is 0 Å². The molecule has 1 aromatic rings. The Morgan fingerprint density at radius 2 is 1.84 bits per heavy atom. The molecule has 1 heterocycles. The number of primary amides is 1. The zero-order chi connectivity index (χ0) is 12.8. The van der Waals surface area contributed by atoms with E-state index < -0.39 is 0 Å². The Morgan fingerprint density at radius 1 is 1.21 bits per heavy atom. The van der Waals surface area contributed by atoms with Crippen molar-refractivity contribution in [2.45, 2.75) is 12.8 Å². The lowest BCUT2D eigenvalue weighted by molar-refractivity contribution is 0.100. The molecule has 19 heavy (non-hydrogen) atoms. The van der Waals surface area contributed by atoms with Crippen molar-refractivity contribution in [2.24, 2.45) is 5.73 Å². The summed E-state index contributed by atoms with van der Waals surface area (Å²) >= 11 is 0. The largest absolute Gasteiger partial charge is 0.366 e. The molecular formula is C14H22ClN3O. The molecule has 106 valence electrons. The summed E-state index contributed by atoms with van der Waals surface area (Å²) in [4.78, 5) is 13.4. The van der Waals surface area contributed by atoms with Crippen LogP contribution in [0.1, 0.15) is 22.3 Å². The van der Waals surface area contributed by atoms with Crippen molar-refractivity contribution in [1.29, 1.82) is 0 Å². The van der Waals surface area contributed by atoms with Gasteiger partial charge in [-0.3, -0.25) is 4.79 Å². The van der Waals surface area contributed by atoms with Crippen LogP contribution in [0.4, 0.5) is 0 Å². The number of hydrogen-bond donors (Lipinski definition) is 2. The van der Waals surface area contributed by atoms with E-state index in [9.17, 15) is 4.79 Å². The minimum atomic E-state index is -0.359. The molecule has 1 aliphatic rings. The molecule has 1 aromatic carbocycles. The average Bonchev–Trinajstić information content (AvgIpc) is 2.40. The summed E-state index contributed by atoms with van der Waals surface area (Å²) in [6.45, 7) is 5.67. The standard InChI is InChI=1S/C14H21N3O.ClH/c15-14(18)13-5-3-12(4-6-13)2-1-9-17-10-7-16-8-11-17;/h3-6,16H,1-2,7-11H2,(H2,15,18);1H. The second kappa shape index (κ2) is 8.15. The summed E-state index contributed by atoms with van der Waals surface area (Å²) in [7, 11) is 0. The number of aryl methyl sites for hydroxylation is 1. The molecule has 1 amide bonds. The minimum Gasteiger partial charge on any atom is -0.366 e. The van der Waals surface area contributed by atoms with Gasteiger partial charge in [-0.1, -0.05) is 12.1 Å². The summed E-state index contributed by atoms with van der Waals surface area (Å²) in [6.07, 6.45) is 2.22. The molecule has 0 bridgehead atoms. The number of nitrogens with one attached hydrogen (secondary N) is 1. The molecule has 0 aliphatic carbocycles. The molecule has 0 saturated carbocycles. The van der Waals surface area contributed by atoms with Crippen LogP contribution in [0.5, 0.6) is 0 Å². The van der Waals surface area contributed by atoms with Gasteiger partial charge in [-0.15, -0.1) is 12.4 Å².